The highest BCUT2D eigenvalue weighted by atomic mass is 16.6. The molecule has 17 nitrogen and oxygen atoms in total. The minimum Gasteiger partial charge on any atom is -0.462 e. The third-order valence-electron chi connectivity index (χ3n) is 14.5. The number of rotatable bonds is 23. The summed E-state index contributed by atoms with van der Waals surface area (Å²) in [6.07, 6.45) is 15.5. The molecule has 0 saturated carbocycles. The molecule has 1 aliphatic rings. The van der Waals surface area contributed by atoms with Crippen LogP contribution in [0.5, 0.6) is 0 Å². The number of likely N-dealkylation sites (N-methyl/N-ethyl adjacent to an activating group) is 2. The number of hydrogen-bond acceptors (Lipinski definition) is 16. The molecule has 2 unspecified atom stereocenters. The zero-order valence-electron chi connectivity index (χ0n) is 48.7. The van der Waals surface area contributed by atoms with E-state index in [0.717, 1.165) is 18.4 Å². The van der Waals surface area contributed by atoms with Crippen molar-refractivity contribution in [3.63, 3.8) is 0 Å². The average Bonchev–Trinajstić information content (AvgIpc) is 3.36. The Bertz CT molecular complexity index is 1830. The van der Waals surface area contributed by atoms with E-state index in [1.807, 2.05) is 53.7 Å². The van der Waals surface area contributed by atoms with Crippen LogP contribution in [0.3, 0.4) is 0 Å². The number of allylic oxidation sites excluding steroid dienone is 3. The van der Waals surface area contributed by atoms with Crippen LogP contribution < -0.4 is 0 Å². The number of carbonyl (C=O) groups excluding carboxylic acids is 5. The topological polar surface area (TPSA) is 200 Å². The molecule has 0 aromatic heterocycles. The number of cyclic esters (lactones) is 1. The fourth-order valence-corrected chi connectivity index (χ4v) is 9.39. The van der Waals surface area contributed by atoms with Crippen molar-refractivity contribution in [1.82, 2.24) is 14.7 Å². The van der Waals surface area contributed by atoms with Gasteiger partial charge in [0.1, 0.15) is 30.5 Å². The number of aliphatic hydroxyl groups excluding tert-OH is 2. The molecule has 0 fully saturated rings. The molecule has 0 aromatic carbocycles. The monoisotopic (exact) mass is 1060 g/mol. The van der Waals surface area contributed by atoms with Crippen molar-refractivity contribution in [2.45, 2.75) is 169 Å². The minimum atomic E-state index is -0.967. The largest absolute Gasteiger partial charge is 0.462 e. The molecule has 2 N–H and O–H groups in total. The Balaban J connectivity index is 3.67. The number of methoxy groups -OCH3 is 3. The Hall–Kier alpha value is -4.23. The van der Waals surface area contributed by atoms with E-state index in [2.05, 4.69) is 19.9 Å². The normalized spacial score (nSPS) is 28.4. The predicted molar refractivity (Wildman–Crippen MR) is 292 cm³/mol. The summed E-state index contributed by atoms with van der Waals surface area (Å²) in [5.74, 6) is -4.18. The van der Waals surface area contributed by atoms with E-state index in [-0.39, 0.29) is 61.9 Å². The Morgan fingerprint density at radius 2 is 1.59 bits per heavy atom. The smallest absolute Gasteiger partial charge is 0.331 e. The number of carbonyl (C=O) groups is 5. The third kappa shape index (κ3) is 26.1. The van der Waals surface area contributed by atoms with Crippen molar-refractivity contribution in [3.05, 3.63) is 60.4 Å². The van der Waals surface area contributed by atoms with E-state index in [9.17, 15) is 34.2 Å². The lowest BCUT2D eigenvalue weighted by molar-refractivity contribution is -0.164. The Labute approximate surface area is 451 Å². The van der Waals surface area contributed by atoms with Crippen LogP contribution in [0.1, 0.15) is 114 Å². The summed E-state index contributed by atoms with van der Waals surface area (Å²) in [6, 6.07) is -0.657. The molecule has 75 heavy (non-hydrogen) atoms. The summed E-state index contributed by atoms with van der Waals surface area (Å²) in [6.45, 7) is 17.0. The molecule has 0 saturated heterocycles. The minimum absolute atomic E-state index is 0.0286. The van der Waals surface area contributed by atoms with Gasteiger partial charge in [0.2, 0.25) is 6.41 Å². The summed E-state index contributed by atoms with van der Waals surface area (Å²) in [7, 11) is 13.5. The van der Waals surface area contributed by atoms with Gasteiger partial charge in [-0.15, -0.1) is 0 Å². The van der Waals surface area contributed by atoms with Crippen LogP contribution >= 0.6 is 0 Å². The zero-order chi connectivity index (χ0) is 56.9. The van der Waals surface area contributed by atoms with E-state index < -0.39 is 84.3 Å². The molecule has 0 radical (unpaired) electrons. The van der Waals surface area contributed by atoms with Gasteiger partial charge in [-0.1, -0.05) is 91.0 Å². The molecule has 0 bridgehead atoms. The van der Waals surface area contributed by atoms with Crippen molar-refractivity contribution in [2.24, 2.45) is 41.4 Å². The summed E-state index contributed by atoms with van der Waals surface area (Å²) >= 11 is 0. The van der Waals surface area contributed by atoms with Crippen LogP contribution in [0.2, 0.25) is 0 Å². The average molecular weight is 1060 g/mol. The molecule has 16 atom stereocenters. The summed E-state index contributed by atoms with van der Waals surface area (Å²) < 4.78 is 41.3. The number of ether oxygens (including phenoxy) is 7. The lowest BCUT2D eigenvalue weighted by Crippen LogP contribution is -2.44. The van der Waals surface area contributed by atoms with Crippen LogP contribution in [0, 0.1) is 41.4 Å². The van der Waals surface area contributed by atoms with E-state index in [1.165, 1.54) is 25.0 Å². The second kappa shape index (κ2) is 36.7. The lowest BCUT2D eigenvalue weighted by Gasteiger charge is -2.35. The lowest BCUT2D eigenvalue weighted by atomic mass is 9.82. The van der Waals surface area contributed by atoms with Crippen molar-refractivity contribution in [3.8, 4) is 0 Å². The first-order valence-electron chi connectivity index (χ1n) is 26.8. The first kappa shape index (κ1) is 68.8. The number of aliphatic hydroxyl groups is 2. The maximum Gasteiger partial charge on any atom is 0.331 e. The van der Waals surface area contributed by atoms with Crippen molar-refractivity contribution in [1.29, 1.82) is 0 Å². The molecule has 1 heterocycles. The van der Waals surface area contributed by atoms with Gasteiger partial charge in [0.15, 0.2) is 0 Å². The molecular weight excluding hydrogens is 963 g/mol. The van der Waals surface area contributed by atoms with Gasteiger partial charge in [0.05, 0.1) is 37.6 Å². The second-order valence-electron chi connectivity index (χ2n) is 21.6. The van der Waals surface area contributed by atoms with Crippen LogP contribution in [0.4, 0.5) is 0 Å². The molecule has 430 valence electrons. The molecule has 17 heteroatoms. The van der Waals surface area contributed by atoms with Crippen molar-refractivity contribution in [2.75, 3.05) is 69.7 Å². The molecule has 1 rings (SSSR count). The number of esters is 4. The summed E-state index contributed by atoms with van der Waals surface area (Å²) in [5, 5.41) is 23.7. The second-order valence-corrected chi connectivity index (χ2v) is 21.6. The standard InChI is InChI=1S/C58H99N3O14/c1-38-26-27-39(2)49(71-17)30-28-40(3)56(67)44(7)51(75-58(68)48(36-69-15)60(12)13)23-19-18-20-25-53(64)73-50(24-21-22-47(34-38)70-16)43(6)55(66)41(4)29-31-52(74-54(65)35-59(10)11)45(8)57(72-46(9)63)42(5)32-33-61(14)37-62/h18-22,25,27,32-33,37-38,40-45,47-52,55-57,66-67H,23-24,26,28-31,34-36H2,1-17H3/b19-18+,22-21+,25-20+,33-32+,39-27+/t38-,40-,41+,42-,43-,44-,45+,47+,48?,49+,50+,51-,52-,55?,56-,57-/m1/s1. The number of amides is 1. The quantitative estimate of drug-likeness (QED) is 0.0445. The van der Waals surface area contributed by atoms with Gasteiger partial charge in [-0.3, -0.25) is 29.0 Å². The van der Waals surface area contributed by atoms with Crippen molar-refractivity contribution >= 4 is 30.3 Å². The van der Waals surface area contributed by atoms with E-state index >= 15 is 0 Å². The first-order valence-corrected chi connectivity index (χ1v) is 26.8. The van der Waals surface area contributed by atoms with Crippen LogP contribution in [0.15, 0.2) is 60.4 Å². The third-order valence-corrected chi connectivity index (χ3v) is 14.5. The summed E-state index contributed by atoms with van der Waals surface area (Å²) in [4.78, 5) is 68.8. The van der Waals surface area contributed by atoms with Gasteiger partial charge < -0.3 is 48.3 Å². The molecular formula is C58H99N3O14. The molecule has 1 aliphatic heterocycles. The van der Waals surface area contributed by atoms with Gasteiger partial charge in [-0.2, -0.15) is 0 Å². The Kier molecular flexibility index (Phi) is 33.7. The van der Waals surface area contributed by atoms with E-state index in [0.29, 0.717) is 32.1 Å². The molecule has 0 aromatic rings. The van der Waals surface area contributed by atoms with Gasteiger partial charge in [-0.05, 0) is 97.0 Å². The maximum absolute atomic E-state index is 13.6. The maximum atomic E-state index is 13.6. The highest BCUT2D eigenvalue weighted by Gasteiger charge is 2.37. The van der Waals surface area contributed by atoms with Crippen LogP contribution in [-0.2, 0) is 57.1 Å². The van der Waals surface area contributed by atoms with Crippen molar-refractivity contribution < 1.29 is 67.3 Å². The molecule has 0 aliphatic carbocycles. The van der Waals surface area contributed by atoms with Gasteiger partial charge >= 0.3 is 23.9 Å². The SMILES string of the molecule is COCC(C(=O)O[C@@H]1C/C=C/C=C/C(=O)O[C@H]([C@@H](C)C(O)[C@@H](C)CC[C@@H](OC(=O)CN(C)C)[C@H](C)[C@H](OC(C)=O)[C@H](C)/C=C/N(C)C=O)C/C=C/[C@H](OC)C[C@H](C)C/C=C(\C)[C@@H](OC)CC[C@@H](C)[C@@H](O)[C@@H]1C)N(C)C. The van der Waals surface area contributed by atoms with E-state index in [4.69, 9.17) is 33.2 Å². The molecule has 1 amide bonds. The fraction of sp³-hybridized carbons (Fsp3) is 0.741. The highest BCUT2D eigenvalue weighted by Crippen LogP contribution is 2.32. The van der Waals surface area contributed by atoms with Crippen LogP contribution in [0.25, 0.3) is 0 Å². The highest BCUT2D eigenvalue weighted by molar-refractivity contribution is 5.82. The number of nitrogens with zero attached hydrogens (tertiary/aromatic N) is 3. The molecule has 0 spiro atoms. The number of hydrogen-bond donors (Lipinski definition) is 2. The first-order chi connectivity index (χ1) is 35.3. The van der Waals surface area contributed by atoms with Gasteiger partial charge in [0, 0.05) is 84.1 Å². The van der Waals surface area contributed by atoms with Crippen LogP contribution in [-0.4, -0.2) is 180 Å². The fourth-order valence-electron chi connectivity index (χ4n) is 9.39. The van der Waals surface area contributed by atoms with Gasteiger partial charge in [0.25, 0.3) is 0 Å². The predicted octanol–water partition coefficient (Wildman–Crippen LogP) is 7.35. The van der Waals surface area contributed by atoms with E-state index in [1.54, 1.807) is 89.8 Å². The summed E-state index contributed by atoms with van der Waals surface area (Å²) in [5.41, 5.74) is 1.10. The zero-order valence-corrected chi connectivity index (χ0v) is 48.7. The van der Waals surface area contributed by atoms with Gasteiger partial charge in [-0.25, -0.2) is 4.79 Å². The Morgan fingerprint density at radius 1 is 0.907 bits per heavy atom. The Morgan fingerprint density at radius 3 is 2.17 bits per heavy atom.